The Morgan fingerprint density at radius 2 is 1.91 bits per heavy atom. The molecule has 0 unspecified atom stereocenters. The monoisotopic (exact) mass is 631 g/mol. The number of carbonyl (C=O) groups is 5. The van der Waals surface area contributed by atoms with Crippen LogP contribution in [0, 0.1) is 19.8 Å². The van der Waals surface area contributed by atoms with E-state index in [-0.39, 0.29) is 34.8 Å². The van der Waals surface area contributed by atoms with E-state index in [1.807, 2.05) is 0 Å². The molecule has 4 N–H and O–H groups in total. The normalized spacial score (nSPS) is 15.6. The predicted octanol–water partition coefficient (Wildman–Crippen LogP) is 2.76. The fraction of sp³-hybridized carbons (Fsp3) is 0.400. The molecule has 1 aliphatic heterocycles. The number of amides is 3. The minimum absolute atomic E-state index is 0.0415. The van der Waals surface area contributed by atoms with Gasteiger partial charge in [-0.25, -0.2) is 9.78 Å². The van der Waals surface area contributed by atoms with Gasteiger partial charge in [-0.05, 0) is 62.9 Å². The number of ketones is 1. The van der Waals surface area contributed by atoms with Gasteiger partial charge in [-0.1, -0.05) is 6.07 Å². The van der Waals surface area contributed by atoms with Gasteiger partial charge in [-0.2, -0.15) is 13.2 Å². The number of nitrogens with zero attached hydrogens (tertiary/aromatic N) is 1. The van der Waals surface area contributed by atoms with Crippen molar-refractivity contribution in [1.29, 1.82) is 0 Å². The maximum Gasteiger partial charge on any atom is 0.433 e. The summed E-state index contributed by atoms with van der Waals surface area (Å²) in [7, 11) is 1.50. The number of piperidine rings is 1. The zero-order valence-electron chi connectivity index (χ0n) is 24.7. The summed E-state index contributed by atoms with van der Waals surface area (Å²) in [5.74, 6) is -3.51. The van der Waals surface area contributed by atoms with E-state index in [4.69, 9.17) is 9.47 Å². The Labute approximate surface area is 255 Å². The van der Waals surface area contributed by atoms with Crippen molar-refractivity contribution < 1.29 is 46.6 Å². The van der Waals surface area contributed by atoms with Crippen LogP contribution in [0.25, 0.3) is 10.9 Å². The van der Waals surface area contributed by atoms with Crippen LogP contribution in [0.4, 0.5) is 13.2 Å². The number of halogens is 3. The third kappa shape index (κ3) is 7.96. The number of carbonyl (C=O) groups excluding carboxylic acids is 5. The Bertz CT molecular complexity index is 1610. The molecule has 2 aromatic heterocycles. The molecule has 12 nitrogen and oxygen atoms in total. The Kier molecular flexibility index (Phi) is 10.1. The molecule has 15 heteroatoms. The number of pyridine rings is 1. The van der Waals surface area contributed by atoms with Crippen molar-refractivity contribution in [3.05, 3.63) is 58.5 Å². The highest BCUT2D eigenvalue weighted by molar-refractivity contribution is 6.01. The first-order valence-corrected chi connectivity index (χ1v) is 14.0. The molecule has 0 spiro atoms. The van der Waals surface area contributed by atoms with Crippen LogP contribution in [0.3, 0.4) is 0 Å². The molecule has 1 saturated heterocycles. The second-order valence-corrected chi connectivity index (χ2v) is 10.6. The summed E-state index contributed by atoms with van der Waals surface area (Å²) in [4.78, 5) is 70.2. The number of alkyl halides is 3. The number of H-pyrrole nitrogens is 1. The standard InChI is InChI=1S/C30H32F3N5O7/c1-15-10-24(30(31,32)33)36-16(2)26(15)29(43)45-14-22(39)20(11-17-6-5-9-34-27(17)41)38-25(40)13-35-28(42)21-12-18-19(37-21)7-4-8-23(18)44-3/h4,7-8,10,12,17,20,37H,5-6,9,11,13-14H2,1-3H3,(H,34,41)(H,35,42)(H,38,40)/t17-,20-/m0/s1. The molecule has 1 aromatic carbocycles. The van der Waals surface area contributed by atoms with Crippen molar-refractivity contribution in [3.63, 3.8) is 0 Å². The number of Topliss-reactive ketones (excluding diaryl/α,β-unsaturated/α-hetero) is 1. The fourth-order valence-electron chi connectivity index (χ4n) is 5.14. The van der Waals surface area contributed by atoms with Gasteiger partial charge in [-0.15, -0.1) is 0 Å². The molecule has 1 aliphatic rings. The summed E-state index contributed by atoms with van der Waals surface area (Å²) in [5, 5.41) is 8.34. The molecule has 3 amide bonds. The van der Waals surface area contributed by atoms with Gasteiger partial charge in [0, 0.05) is 23.4 Å². The van der Waals surface area contributed by atoms with E-state index < -0.39 is 60.5 Å². The van der Waals surface area contributed by atoms with E-state index in [9.17, 15) is 37.1 Å². The molecule has 3 aromatic rings. The lowest BCUT2D eigenvalue weighted by Crippen LogP contribution is -2.49. The number of aromatic amines is 1. The van der Waals surface area contributed by atoms with Gasteiger partial charge in [0.05, 0.1) is 31.0 Å². The van der Waals surface area contributed by atoms with E-state index in [1.54, 1.807) is 24.3 Å². The van der Waals surface area contributed by atoms with Crippen molar-refractivity contribution in [2.75, 3.05) is 26.8 Å². The van der Waals surface area contributed by atoms with E-state index in [0.29, 0.717) is 42.1 Å². The van der Waals surface area contributed by atoms with Crippen molar-refractivity contribution in [2.24, 2.45) is 5.92 Å². The number of esters is 1. The van der Waals surface area contributed by atoms with Crippen LogP contribution in [0.1, 0.15) is 57.1 Å². The van der Waals surface area contributed by atoms with Gasteiger partial charge in [0.15, 0.2) is 12.4 Å². The molecule has 1 fully saturated rings. The van der Waals surface area contributed by atoms with Crippen LogP contribution in [0.15, 0.2) is 30.3 Å². The summed E-state index contributed by atoms with van der Waals surface area (Å²) in [6, 6.07) is 6.24. The lowest BCUT2D eigenvalue weighted by Gasteiger charge is -2.26. The van der Waals surface area contributed by atoms with Crippen LogP contribution in [-0.2, 0) is 25.3 Å². The number of hydrogen-bond acceptors (Lipinski definition) is 8. The van der Waals surface area contributed by atoms with E-state index in [0.717, 1.165) is 0 Å². The average Bonchev–Trinajstić information content (AvgIpc) is 3.43. The SMILES string of the molecule is COc1cccc2[nH]c(C(=O)NCC(=O)N[C@@H](C[C@@H]3CCCNC3=O)C(=O)COC(=O)c3c(C)cc(C(F)(F)F)nc3C)cc12. The molecule has 0 saturated carbocycles. The van der Waals surface area contributed by atoms with Crippen molar-refractivity contribution >= 4 is 40.4 Å². The topological polar surface area (TPSA) is 169 Å². The van der Waals surface area contributed by atoms with Gasteiger partial charge in [0.1, 0.15) is 17.1 Å². The number of hydrogen-bond donors (Lipinski definition) is 4. The van der Waals surface area contributed by atoms with Crippen LogP contribution in [0.5, 0.6) is 5.75 Å². The Hall–Kier alpha value is -4.95. The van der Waals surface area contributed by atoms with Gasteiger partial charge >= 0.3 is 12.1 Å². The molecule has 4 rings (SSSR count). The first-order chi connectivity index (χ1) is 21.3. The molecule has 2 atom stereocenters. The number of ether oxygens (including phenoxy) is 2. The second-order valence-electron chi connectivity index (χ2n) is 10.6. The molecule has 240 valence electrons. The van der Waals surface area contributed by atoms with Crippen LogP contribution in [0.2, 0.25) is 0 Å². The third-order valence-electron chi connectivity index (χ3n) is 7.38. The zero-order valence-corrected chi connectivity index (χ0v) is 24.7. The molecule has 0 radical (unpaired) electrons. The van der Waals surface area contributed by atoms with Crippen molar-refractivity contribution in [3.8, 4) is 5.75 Å². The van der Waals surface area contributed by atoms with E-state index in [1.165, 1.54) is 21.0 Å². The summed E-state index contributed by atoms with van der Waals surface area (Å²) in [6.45, 7) is 1.63. The highest BCUT2D eigenvalue weighted by Gasteiger charge is 2.35. The number of aryl methyl sites for hydroxylation is 2. The Balaban J connectivity index is 1.41. The molecule has 0 bridgehead atoms. The van der Waals surface area contributed by atoms with E-state index >= 15 is 0 Å². The minimum atomic E-state index is -4.71. The maximum atomic E-state index is 13.2. The minimum Gasteiger partial charge on any atom is -0.496 e. The van der Waals surface area contributed by atoms with Gasteiger partial charge in [-0.3, -0.25) is 19.2 Å². The first kappa shape index (κ1) is 33.0. The van der Waals surface area contributed by atoms with Gasteiger partial charge in [0.2, 0.25) is 11.8 Å². The number of aromatic nitrogens is 2. The highest BCUT2D eigenvalue weighted by atomic mass is 19.4. The lowest BCUT2D eigenvalue weighted by atomic mass is 9.90. The average molecular weight is 632 g/mol. The Morgan fingerprint density at radius 1 is 1.16 bits per heavy atom. The second kappa shape index (κ2) is 13.8. The van der Waals surface area contributed by atoms with Crippen molar-refractivity contribution in [1.82, 2.24) is 25.9 Å². The van der Waals surface area contributed by atoms with Gasteiger partial charge in [0.25, 0.3) is 5.91 Å². The summed E-state index contributed by atoms with van der Waals surface area (Å²) >= 11 is 0. The molecule has 3 heterocycles. The molecule has 45 heavy (non-hydrogen) atoms. The van der Waals surface area contributed by atoms with Crippen LogP contribution >= 0.6 is 0 Å². The smallest absolute Gasteiger partial charge is 0.433 e. The fourth-order valence-corrected chi connectivity index (χ4v) is 5.14. The van der Waals surface area contributed by atoms with Crippen molar-refractivity contribution in [2.45, 2.75) is 45.3 Å². The maximum absolute atomic E-state index is 13.2. The first-order valence-electron chi connectivity index (χ1n) is 14.0. The van der Waals surface area contributed by atoms with Crippen LogP contribution in [-0.4, -0.2) is 72.3 Å². The lowest BCUT2D eigenvalue weighted by molar-refractivity contribution is -0.141. The summed E-state index contributed by atoms with van der Waals surface area (Å²) in [5.41, 5.74) is -0.848. The van der Waals surface area contributed by atoms with E-state index in [2.05, 4.69) is 25.9 Å². The third-order valence-corrected chi connectivity index (χ3v) is 7.38. The summed E-state index contributed by atoms with van der Waals surface area (Å²) in [6.07, 6.45) is -3.69. The predicted molar refractivity (Wildman–Crippen MR) is 153 cm³/mol. The largest absolute Gasteiger partial charge is 0.496 e. The van der Waals surface area contributed by atoms with Gasteiger partial charge < -0.3 is 30.4 Å². The number of fused-ring (bicyclic) bond motifs is 1. The Morgan fingerprint density at radius 3 is 2.58 bits per heavy atom. The number of methoxy groups -OCH3 is 1. The highest BCUT2D eigenvalue weighted by Crippen LogP contribution is 2.30. The number of rotatable bonds is 11. The summed E-state index contributed by atoms with van der Waals surface area (Å²) < 4.78 is 49.7. The number of benzene rings is 1. The number of nitrogens with one attached hydrogen (secondary N) is 4. The quantitative estimate of drug-likeness (QED) is 0.234. The van der Waals surface area contributed by atoms with Crippen LogP contribution < -0.4 is 20.7 Å². The molecular weight excluding hydrogens is 599 g/mol. The molecular formula is C30H32F3N5O7. The molecule has 0 aliphatic carbocycles. The zero-order chi connectivity index (χ0) is 32.9.